The third-order valence-electron chi connectivity index (χ3n) is 10.3. The fourth-order valence-electron chi connectivity index (χ4n) is 7.65. The van der Waals surface area contributed by atoms with E-state index in [9.17, 15) is 4.79 Å². The Morgan fingerprint density at radius 3 is 2.04 bits per heavy atom. The molecule has 2 aliphatic rings. The lowest BCUT2D eigenvalue weighted by Gasteiger charge is -2.34. The summed E-state index contributed by atoms with van der Waals surface area (Å²) in [5.41, 5.74) is 8.48. The number of halogens is 2. The van der Waals surface area contributed by atoms with Crippen molar-refractivity contribution >= 4 is 33.4 Å². The second kappa shape index (κ2) is 16.1. The van der Waals surface area contributed by atoms with Crippen LogP contribution >= 0.6 is 27.5 Å². The summed E-state index contributed by atoms with van der Waals surface area (Å²) in [6.07, 6.45) is 6.15. The molecule has 2 aromatic heterocycles. The van der Waals surface area contributed by atoms with Crippen LogP contribution in [0.1, 0.15) is 60.5 Å². The summed E-state index contributed by atoms with van der Waals surface area (Å²) in [7, 11) is 0. The second-order valence-electron chi connectivity index (χ2n) is 13.7. The number of carbonyl (C=O) groups is 1. The van der Waals surface area contributed by atoms with Gasteiger partial charge in [0.25, 0.3) is 0 Å². The number of carbonyl (C=O) groups excluding carboxylic acids is 1. The molecule has 0 unspecified atom stereocenters. The van der Waals surface area contributed by atoms with Crippen LogP contribution in [-0.2, 0) is 29.8 Å². The van der Waals surface area contributed by atoms with Gasteiger partial charge < -0.3 is 14.3 Å². The van der Waals surface area contributed by atoms with Gasteiger partial charge in [-0.1, -0.05) is 140 Å². The van der Waals surface area contributed by atoms with Crippen molar-refractivity contribution in [1.29, 1.82) is 0 Å². The number of nitrogens with one attached hydrogen (secondary N) is 1. The molecule has 11 heteroatoms. The molecule has 1 amide bonds. The molecule has 3 heterocycles. The Hall–Kier alpha value is -5.84. The first kappa shape index (κ1) is 37.1. The number of benzene rings is 4. The van der Waals surface area contributed by atoms with Crippen LogP contribution in [0, 0.1) is 0 Å². The number of aromatic nitrogens is 6. The zero-order valence-corrected chi connectivity index (χ0v) is 33.3. The number of hydrogen-bond donors (Lipinski definition) is 1. The van der Waals surface area contributed by atoms with Gasteiger partial charge in [0.15, 0.2) is 10.7 Å². The number of fused-ring (bicyclic) bond motifs is 1. The third kappa shape index (κ3) is 6.73. The largest absolute Gasteiger partial charge is 0.472 e. The first-order valence-corrected chi connectivity index (χ1v) is 19.8. The zero-order valence-electron chi connectivity index (χ0n) is 31.0. The van der Waals surface area contributed by atoms with E-state index >= 15 is 0 Å². The maximum absolute atomic E-state index is 12.1. The van der Waals surface area contributed by atoms with E-state index in [2.05, 4.69) is 75.2 Å². The van der Waals surface area contributed by atoms with Crippen LogP contribution < -0.4 is 5.32 Å². The molecule has 0 saturated heterocycles. The molecule has 0 atom stereocenters. The number of hydrogen-bond acceptors (Lipinski definition) is 6. The predicted octanol–water partition coefficient (Wildman–Crippen LogP) is 10.2. The summed E-state index contributed by atoms with van der Waals surface area (Å²) in [4.78, 5) is 18.6. The van der Waals surface area contributed by atoms with E-state index in [1.54, 1.807) is 17.3 Å². The fraction of sp³-hybridized carbons (Fsp3) is 0.178. The first-order chi connectivity index (χ1) is 27.4. The van der Waals surface area contributed by atoms with Crippen LogP contribution in [0.15, 0.2) is 143 Å². The maximum Gasteiger partial charge on any atom is 0.217 e. The highest BCUT2D eigenvalue weighted by Crippen LogP contribution is 2.49. The standard InChI is InChI=1S/C45H39BrClN7O2/c1-3-4-24-40-49-43(47)39(27-48-30(2)55)53(40)28-37-34-25-26-56-29-38(34)42(46)41(37)35-22-14-15-23-36(35)44-50-52-54(51-44)45(31-16-8-5-9-17-31,32-18-10-6-11-19-32)33-20-12-7-13-21-33/h5-23,25-26,29H,3-4,24,27-28H2,1-2H3,(H,48,55). The van der Waals surface area contributed by atoms with Crippen LogP contribution in [-0.4, -0.2) is 35.7 Å². The molecule has 0 fully saturated rings. The molecule has 9 nitrogen and oxygen atoms in total. The van der Waals surface area contributed by atoms with Gasteiger partial charge in [-0.05, 0) is 67.0 Å². The lowest BCUT2D eigenvalue weighted by atomic mass is 9.77. The molecule has 4 aromatic carbocycles. The molecular formula is C45H39BrClN7O2. The van der Waals surface area contributed by atoms with Crippen LogP contribution in [0.2, 0.25) is 5.15 Å². The van der Waals surface area contributed by atoms with E-state index < -0.39 is 5.54 Å². The highest BCUT2D eigenvalue weighted by Gasteiger charge is 2.41. The van der Waals surface area contributed by atoms with Gasteiger partial charge in [-0.25, -0.2) is 4.98 Å². The lowest BCUT2D eigenvalue weighted by Crippen LogP contribution is -2.39. The zero-order chi connectivity index (χ0) is 38.6. The van der Waals surface area contributed by atoms with Crippen LogP contribution in [0.25, 0.3) is 33.6 Å². The number of rotatable bonds is 13. The summed E-state index contributed by atoms with van der Waals surface area (Å²) < 4.78 is 8.75. The average Bonchev–Trinajstić information content (AvgIpc) is 3.92. The molecule has 1 aliphatic carbocycles. The van der Waals surface area contributed by atoms with Gasteiger partial charge in [-0.2, -0.15) is 0 Å². The van der Waals surface area contributed by atoms with Crippen molar-refractivity contribution < 1.29 is 9.21 Å². The molecule has 0 radical (unpaired) electrons. The van der Waals surface area contributed by atoms with E-state index in [1.807, 2.05) is 78.9 Å². The molecule has 6 aromatic rings. The Balaban J connectivity index is 1.32. The topological polar surface area (TPSA) is 104 Å². The molecule has 0 spiro atoms. The van der Waals surface area contributed by atoms with Crippen molar-refractivity contribution in [2.24, 2.45) is 0 Å². The van der Waals surface area contributed by atoms with Crippen molar-refractivity contribution in [3.8, 4) is 33.6 Å². The van der Waals surface area contributed by atoms with E-state index in [-0.39, 0.29) is 12.5 Å². The Bertz CT molecular complexity index is 2470. The van der Waals surface area contributed by atoms with Gasteiger partial charge in [0, 0.05) is 34.5 Å². The molecule has 0 bridgehead atoms. The Labute approximate surface area is 338 Å². The number of amides is 1. The molecule has 1 N–H and O–H groups in total. The molecule has 1 aliphatic heterocycles. The SMILES string of the molecule is CCCCc1nc(Cl)c(CNC(C)=O)n1Cc1c2ccocc-2c(Br)c1-c1ccccc1-c1nnn(C(c2ccccc2)(c2ccccc2)c2ccccc2)n1. The third-order valence-corrected chi connectivity index (χ3v) is 11.4. The van der Waals surface area contributed by atoms with Crippen molar-refractivity contribution in [3.63, 3.8) is 0 Å². The van der Waals surface area contributed by atoms with E-state index in [4.69, 9.17) is 36.4 Å². The Morgan fingerprint density at radius 1 is 0.821 bits per heavy atom. The van der Waals surface area contributed by atoms with Gasteiger partial charge in [-0.3, -0.25) is 4.79 Å². The molecule has 56 heavy (non-hydrogen) atoms. The minimum absolute atomic E-state index is 0.141. The first-order valence-electron chi connectivity index (χ1n) is 18.6. The summed E-state index contributed by atoms with van der Waals surface area (Å²) in [5, 5.41) is 18.2. The average molecular weight is 825 g/mol. The number of imidazole rings is 1. The number of nitrogens with zero attached hydrogens (tertiary/aromatic N) is 6. The van der Waals surface area contributed by atoms with Crippen LogP contribution in [0.3, 0.4) is 0 Å². The quantitative estimate of drug-likeness (QED) is 0.116. The van der Waals surface area contributed by atoms with Gasteiger partial charge in [0.1, 0.15) is 5.82 Å². The minimum atomic E-state index is -0.925. The Kier molecular flexibility index (Phi) is 10.7. The summed E-state index contributed by atoms with van der Waals surface area (Å²) in [5.74, 6) is 1.20. The molecule has 0 saturated carbocycles. The van der Waals surface area contributed by atoms with Gasteiger partial charge >= 0.3 is 0 Å². The summed E-state index contributed by atoms with van der Waals surface area (Å²) in [6, 6.07) is 41.1. The van der Waals surface area contributed by atoms with Gasteiger partial charge in [0.2, 0.25) is 11.7 Å². The molecular weight excluding hydrogens is 786 g/mol. The van der Waals surface area contributed by atoms with Gasteiger partial charge in [0.05, 0.1) is 31.3 Å². The van der Waals surface area contributed by atoms with E-state index in [0.29, 0.717) is 17.5 Å². The van der Waals surface area contributed by atoms with E-state index in [1.165, 1.54) is 6.92 Å². The molecule has 8 rings (SSSR count). The van der Waals surface area contributed by atoms with Crippen LogP contribution in [0.5, 0.6) is 0 Å². The second-order valence-corrected chi connectivity index (χ2v) is 14.8. The predicted molar refractivity (Wildman–Crippen MR) is 222 cm³/mol. The van der Waals surface area contributed by atoms with Gasteiger partial charge in [-0.15, -0.1) is 15.0 Å². The monoisotopic (exact) mass is 823 g/mol. The number of tetrazole rings is 1. The normalized spacial score (nSPS) is 11.6. The highest BCUT2D eigenvalue weighted by atomic mass is 79.9. The van der Waals surface area contributed by atoms with Crippen LogP contribution in [0.4, 0.5) is 0 Å². The highest BCUT2D eigenvalue weighted by molar-refractivity contribution is 9.10. The Morgan fingerprint density at radius 2 is 1.43 bits per heavy atom. The fourth-order valence-corrected chi connectivity index (χ4v) is 8.67. The maximum atomic E-state index is 12.1. The minimum Gasteiger partial charge on any atom is -0.472 e. The van der Waals surface area contributed by atoms with Crippen molar-refractivity contribution in [2.45, 2.75) is 51.7 Å². The summed E-state index contributed by atoms with van der Waals surface area (Å²) >= 11 is 10.8. The number of unbranched alkanes of at least 4 members (excludes halogenated alkanes) is 1. The number of aryl methyl sites for hydroxylation is 1. The summed E-state index contributed by atoms with van der Waals surface area (Å²) in [6.45, 7) is 4.36. The lowest BCUT2D eigenvalue weighted by molar-refractivity contribution is -0.119. The van der Waals surface area contributed by atoms with E-state index in [0.717, 1.165) is 85.3 Å². The van der Waals surface area contributed by atoms with Crippen molar-refractivity contribution in [3.05, 3.63) is 177 Å². The van der Waals surface area contributed by atoms with Crippen molar-refractivity contribution in [2.75, 3.05) is 0 Å². The van der Waals surface area contributed by atoms with Crippen molar-refractivity contribution in [1.82, 2.24) is 35.1 Å². The molecule has 280 valence electrons. The smallest absolute Gasteiger partial charge is 0.217 e.